The molecule has 2 bridgehead atoms. The van der Waals surface area contributed by atoms with Gasteiger partial charge in [0.15, 0.2) is 5.78 Å². The number of nitrogens with zero attached hydrogens (tertiary/aromatic N) is 1. The fourth-order valence-electron chi connectivity index (χ4n) is 7.69. The monoisotopic (exact) mass is 558 g/mol. The minimum absolute atomic E-state index is 0.00825. The molecule has 4 aliphatic rings. The molecule has 220 valence electrons. The first-order valence-electron chi connectivity index (χ1n) is 15.4. The maximum absolute atomic E-state index is 14.0. The number of hydrogen-bond acceptors (Lipinski definition) is 5. The van der Waals surface area contributed by atoms with Gasteiger partial charge in [-0.3, -0.25) is 9.59 Å². The van der Waals surface area contributed by atoms with Gasteiger partial charge in [-0.05, 0) is 101 Å². The number of aliphatic hydroxyl groups excluding tert-OH is 1. The third kappa shape index (κ3) is 6.20. The predicted molar refractivity (Wildman–Crippen MR) is 162 cm³/mol. The van der Waals surface area contributed by atoms with Gasteiger partial charge >= 0.3 is 0 Å². The number of hydrogen-bond donors (Lipinski definition) is 3. The van der Waals surface area contributed by atoms with Gasteiger partial charge in [-0.2, -0.15) is 0 Å². The number of nitrogens with two attached hydrogens (primary N) is 1. The van der Waals surface area contributed by atoms with E-state index < -0.39 is 17.1 Å². The summed E-state index contributed by atoms with van der Waals surface area (Å²) in [5, 5.41) is 23.3. The smallest absolute Gasteiger partial charge is 0.220 e. The van der Waals surface area contributed by atoms with Gasteiger partial charge in [-0.1, -0.05) is 61.0 Å². The maximum atomic E-state index is 14.0. The second-order valence-electron chi connectivity index (χ2n) is 13.1. The Morgan fingerprint density at radius 2 is 1.76 bits per heavy atom. The van der Waals surface area contributed by atoms with Gasteiger partial charge in [0.25, 0.3) is 0 Å². The number of fused-ring (bicyclic) bond motifs is 8. The number of benzene rings is 2. The maximum Gasteiger partial charge on any atom is 0.220 e. The van der Waals surface area contributed by atoms with Gasteiger partial charge < -0.3 is 20.8 Å². The van der Waals surface area contributed by atoms with E-state index in [4.69, 9.17) is 5.73 Å². The summed E-state index contributed by atoms with van der Waals surface area (Å²) in [5.74, 6) is -0.310. The van der Waals surface area contributed by atoms with Crippen molar-refractivity contribution in [3.05, 3.63) is 82.4 Å². The number of carbonyl (C=O) groups is 2. The molecule has 0 aromatic heterocycles. The highest BCUT2D eigenvalue weighted by molar-refractivity contribution is 6.10. The summed E-state index contributed by atoms with van der Waals surface area (Å²) in [6.45, 7) is 6.42. The molecule has 6 nitrogen and oxygen atoms in total. The van der Waals surface area contributed by atoms with Gasteiger partial charge in [0.2, 0.25) is 5.91 Å². The number of ketones is 1. The van der Waals surface area contributed by atoms with E-state index in [1.807, 2.05) is 36.4 Å². The quantitative estimate of drug-likeness (QED) is 0.348. The van der Waals surface area contributed by atoms with Crippen molar-refractivity contribution in [3.8, 4) is 0 Å². The molecule has 0 radical (unpaired) electrons. The van der Waals surface area contributed by atoms with Crippen molar-refractivity contribution in [2.45, 2.75) is 89.3 Å². The van der Waals surface area contributed by atoms with Crippen LogP contribution < -0.4 is 5.73 Å². The molecule has 2 aromatic rings. The zero-order chi connectivity index (χ0) is 29.2. The molecule has 3 aliphatic carbocycles. The van der Waals surface area contributed by atoms with Crippen LogP contribution in [-0.2, 0) is 11.2 Å². The first-order chi connectivity index (χ1) is 19.6. The summed E-state index contributed by atoms with van der Waals surface area (Å²) in [6, 6.07) is 15.6. The van der Waals surface area contributed by atoms with Crippen LogP contribution in [0.15, 0.2) is 60.2 Å². The fourth-order valence-corrected chi connectivity index (χ4v) is 7.69. The molecule has 6 rings (SSSR count). The molecule has 1 saturated carbocycles. The van der Waals surface area contributed by atoms with Crippen LogP contribution in [0.2, 0.25) is 0 Å². The van der Waals surface area contributed by atoms with Crippen molar-refractivity contribution >= 4 is 11.7 Å². The number of likely N-dealkylation sites (tertiary alicyclic amines) is 1. The highest BCUT2D eigenvalue weighted by atomic mass is 16.3. The highest BCUT2D eigenvalue weighted by Gasteiger charge is 2.57. The standard InChI is InChI=1S/C35H46N2O4/c1-24-7-6-17-34(2)31(14-18-35(34,41)23-37-19-15-27(16-20-37)33(36)40)29-13-11-25(21-28(38)12-10-24)22-30(29)32(39)26-8-4-3-5-9-26/h3-5,7-9,11,13,22,27-28,31,38,41H,6,10,12,14-21,23H2,1-2H3,(H2,36,40). The lowest BCUT2D eigenvalue weighted by Gasteiger charge is -2.47. The minimum Gasteiger partial charge on any atom is -0.393 e. The van der Waals surface area contributed by atoms with Crippen LogP contribution >= 0.6 is 0 Å². The third-order valence-corrected chi connectivity index (χ3v) is 10.4. The van der Waals surface area contributed by atoms with Crippen molar-refractivity contribution in [2.24, 2.45) is 17.1 Å². The van der Waals surface area contributed by atoms with Crippen molar-refractivity contribution < 1.29 is 19.8 Å². The third-order valence-electron chi connectivity index (χ3n) is 10.4. The van der Waals surface area contributed by atoms with Crippen LogP contribution in [0.25, 0.3) is 0 Å². The molecule has 41 heavy (non-hydrogen) atoms. The zero-order valence-electron chi connectivity index (χ0n) is 24.6. The van der Waals surface area contributed by atoms with E-state index in [0.29, 0.717) is 36.9 Å². The Balaban J connectivity index is 1.54. The first kappa shape index (κ1) is 29.7. The van der Waals surface area contributed by atoms with E-state index in [9.17, 15) is 19.8 Å². The second kappa shape index (κ2) is 12.2. The number of carbonyl (C=O) groups excluding carboxylic acids is 2. The lowest BCUT2D eigenvalue weighted by atomic mass is 9.64. The molecule has 4 N–H and O–H groups in total. The minimum atomic E-state index is -0.933. The summed E-state index contributed by atoms with van der Waals surface area (Å²) in [5.41, 5.74) is 8.76. The van der Waals surface area contributed by atoms with Gasteiger partial charge in [0, 0.05) is 29.0 Å². The lowest BCUT2D eigenvalue weighted by Crippen LogP contribution is -2.54. The second-order valence-corrected chi connectivity index (χ2v) is 13.1. The van der Waals surface area contributed by atoms with Crippen LogP contribution in [0.5, 0.6) is 0 Å². The number of β-amino-alcohol motifs (C(OH)–C–C–N with tert-alkyl or cyclic N) is 1. The van der Waals surface area contributed by atoms with Crippen molar-refractivity contribution in [1.82, 2.24) is 4.90 Å². The number of allylic oxidation sites excluding steroid dienone is 2. The molecule has 1 heterocycles. The SMILES string of the molecule is CC1=CCCC2(C)C(CCC2(O)CN2CCC(C(N)=O)CC2)c2ccc(cc2C(=O)c2ccccc2)CC(O)CC1. The number of piperidine rings is 1. The van der Waals surface area contributed by atoms with E-state index in [-0.39, 0.29) is 23.5 Å². The molecule has 6 heteroatoms. The van der Waals surface area contributed by atoms with Gasteiger partial charge in [-0.25, -0.2) is 0 Å². The summed E-state index contributed by atoms with van der Waals surface area (Å²) < 4.78 is 0. The average Bonchev–Trinajstić information content (AvgIpc) is 3.21. The molecule has 1 saturated heterocycles. The van der Waals surface area contributed by atoms with Crippen LogP contribution in [0.4, 0.5) is 0 Å². The van der Waals surface area contributed by atoms with E-state index in [2.05, 4.69) is 37.0 Å². The highest BCUT2D eigenvalue weighted by Crippen LogP contribution is 2.59. The number of primary amides is 1. The van der Waals surface area contributed by atoms with Crippen molar-refractivity contribution in [1.29, 1.82) is 0 Å². The molecule has 1 amide bonds. The average molecular weight is 559 g/mol. The molecular formula is C35H46N2O4. The van der Waals surface area contributed by atoms with Gasteiger partial charge in [0.05, 0.1) is 11.7 Å². The Labute approximate surface area is 244 Å². The summed E-state index contributed by atoms with van der Waals surface area (Å²) in [7, 11) is 0. The van der Waals surface area contributed by atoms with Gasteiger partial charge in [-0.15, -0.1) is 0 Å². The number of amides is 1. The molecule has 2 aromatic carbocycles. The normalized spacial score (nSPS) is 29.9. The van der Waals surface area contributed by atoms with Crippen molar-refractivity contribution in [3.63, 3.8) is 0 Å². The van der Waals surface area contributed by atoms with Crippen molar-refractivity contribution in [2.75, 3.05) is 19.6 Å². The summed E-state index contributed by atoms with van der Waals surface area (Å²) in [6.07, 6.45) is 8.38. The molecule has 4 atom stereocenters. The number of rotatable bonds is 5. The lowest BCUT2D eigenvalue weighted by molar-refractivity contribution is -0.124. The van der Waals surface area contributed by atoms with Gasteiger partial charge in [0.1, 0.15) is 0 Å². The van der Waals surface area contributed by atoms with Crippen LogP contribution in [0.1, 0.15) is 98.2 Å². The predicted octanol–water partition coefficient (Wildman–Crippen LogP) is 5.15. The molecule has 1 aliphatic heterocycles. The Morgan fingerprint density at radius 1 is 1.02 bits per heavy atom. The van der Waals surface area contributed by atoms with E-state index >= 15 is 0 Å². The van der Waals surface area contributed by atoms with Crippen LogP contribution in [0.3, 0.4) is 0 Å². The van der Waals surface area contributed by atoms with Crippen LogP contribution in [0, 0.1) is 11.3 Å². The topological polar surface area (TPSA) is 104 Å². The molecule has 4 unspecified atom stereocenters. The Hall–Kier alpha value is -2.80. The Morgan fingerprint density at radius 3 is 2.46 bits per heavy atom. The molecule has 2 fully saturated rings. The molecular weight excluding hydrogens is 512 g/mol. The fraction of sp³-hybridized carbons (Fsp3) is 0.543. The Bertz CT molecular complexity index is 1280. The number of aliphatic hydroxyl groups is 2. The Kier molecular flexibility index (Phi) is 8.84. The van der Waals surface area contributed by atoms with E-state index in [0.717, 1.165) is 62.7 Å². The van der Waals surface area contributed by atoms with Crippen LogP contribution in [-0.4, -0.2) is 58.1 Å². The summed E-state index contributed by atoms with van der Waals surface area (Å²) >= 11 is 0. The summed E-state index contributed by atoms with van der Waals surface area (Å²) in [4.78, 5) is 28.0. The van der Waals surface area contributed by atoms with E-state index in [1.165, 1.54) is 5.57 Å². The zero-order valence-corrected chi connectivity index (χ0v) is 24.6. The largest absolute Gasteiger partial charge is 0.393 e. The van der Waals surface area contributed by atoms with E-state index in [1.54, 1.807) is 0 Å². The first-order valence-corrected chi connectivity index (χ1v) is 15.4. The molecule has 0 spiro atoms.